The topological polar surface area (TPSA) is 36.9 Å². The summed E-state index contributed by atoms with van der Waals surface area (Å²) >= 11 is 0. The van der Waals surface area contributed by atoms with E-state index in [2.05, 4.69) is 45.5 Å². The predicted octanol–water partition coefficient (Wildman–Crippen LogP) is 2.92. The Bertz CT molecular complexity index is 571. The second-order valence-electron chi connectivity index (χ2n) is 7.46. The van der Waals surface area contributed by atoms with E-state index in [1.54, 1.807) is 0 Å². The van der Waals surface area contributed by atoms with Crippen LogP contribution in [0.2, 0.25) is 0 Å². The highest BCUT2D eigenvalue weighted by atomic mass is 127. The quantitative estimate of drug-likeness (QED) is 0.445. The van der Waals surface area contributed by atoms with Crippen LogP contribution in [0.1, 0.15) is 24.8 Å². The molecule has 2 saturated heterocycles. The van der Waals surface area contributed by atoms with Gasteiger partial charge in [-0.3, -0.25) is 4.99 Å². The SMILES string of the molecule is CN=C(NC1CC1Cc1ccccc1)N1CCC2(CCOC2)C1.I. The van der Waals surface area contributed by atoms with Gasteiger partial charge in [-0.25, -0.2) is 0 Å². The van der Waals surface area contributed by atoms with E-state index >= 15 is 0 Å². The van der Waals surface area contributed by atoms with Crippen molar-refractivity contribution in [3.8, 4) is 0 Å². The number of nitrogens with one attached hydrogen (secondary N) is 1. The third-order valence-corrected chi connectivity index (χ3v) is 5.71. The Morgan fingerprint density at radius 3 is 2.88 bits per heavy atom. The number of ether oxygens (including phenoxy) is 1. The van der Waals surface area contributed by atoms with Crippen molar-refractivity contribution in [1.82, 2.24) is 10.2 Å². The highest BCUT2D eigenvalue weighted by Crippen LogP contribution is 2.39. The van der Waals surface area contributed by atoms with Gasteiger partial charge in [-0.05, 0) is 37.2 Å². The van der Waals surface area contributed by atoms with Crippen LogP contribution in [0.15, 0.2) is 35.3 Å². The molecule has 1 saturated carbocycles. The molecule has 3 atom stereocenters. The minimum atomic E-state index is 0. The third-order valence-electron chi connectivity index (χ3n) is 5.71. The fourth-order valence-corrected chi connectivity index (χ4v) is 4.12. The van der Waals surface area contributed by atoms with E-state index in [1.165, 1.54) is 31.2 Å². The minimum Gasteiger partial charge on any atom is -0.381 e. The van der Waals surface area contributed by atoms with Crippen LogP contribution in [0.3, 0.4) is 0 Å². The van der Waals surface area contributed by atoms with Crippen molar-refractivity contribution < 1.29 is 4.74 Å². The number of hydrogen-bond donors (Lipinski definition) is 1. The van der Waals surface area contributed by atoms with Gasteiger partial charge in [0.25, 0.3) is 0 Å². The van der Waals surface area contributed by atoms with Crippen LogP contribution in [0.4, 0.5) is 0 Å². The standard InChI is InChI=1S/C19H27N3O.HI/c1-20-18(22-9-7-19(13-22)8-10-23-14-19)21-17-12-16(17)11-15-5-3-2-4-6-15;/h2-6,16-17H,7-14H2,1H3,(H,20,21);1H. The van der Waals surface area contributed by atoms with Gasteiger partial charge in [-0.15, -0.1) is 24.0 Å². The molecule has 24 heavy (non-hydrogen) atoms. The second kappa shape index (κ2) is 7.60. The number of hydrogen-bond acceptors (Lipinski definition) is 2. The maximum absolute atomic E-state index is 5.63. The van der Waals surface area contributed by atoms with Crippen LogP contribution in [0, 0.1) is 11.3 Å². The van der Waals surface area contributed by atoms with Crippen molar-refractivity contribution >= 4 is 29.9 Å². The van der Waals surface area contributed by atoms with Crippen LogP contribution in [-0.4, -0.2) is 50.3 Å². The molecule has 0 radical (unpaired) electrons. The van der Waals surface area contributed by atoms with Crippen LogP contribution in [0.25, 0.3) is 0 Å². The van der Waals surface area contributed by atoms with Gasteiger partial charge in [0, 0.05) is 38.2 Å². The van der Waals surface area contributed by atoms with E-state index < -0.39 is 0 Å². The predicted molar refractivity (Wildman–Crippen MR) is 108 cm³/mol. The summed E-state index contributed by atoms with van der Waals surface area (Å²) in [5, 5.41) is 3.69. The molecular weight excluding hydrogens is 413 g/mol. The van der Waals surface area contributed by atoms with E-state index in [0.717, 1.165) is 38.2 Å². The van der Waals surface area contributed by atoms with Gasteiger partial charge in [0.15, 0.2) is 5.96 Å². The summed E-state index contributed by atoms with van der Waals surface area (Å²) < 4.78 is 5.63. The van der Waals surface area contributed by atoms with Crippen molar-refractivity contribution in [3.63, 3.8) is 0 Å². The lowest BCUT2D eigenvalue weighted by molar-refractivity contribution is 0.156. The molecule has 3 aliphatic rings. The summed E-state index contributed by atoms with van der Waals surface area (Å²) in [6, 6.07) is 11.4. The lowest BCUT2D eigenvalue weighted by Gasteiger charge is -2.25. The molecule has 4 nitrogen and oxygen atoms in total. The molecule has 1 aromatic carbocycles. The molecule has 1 aliphatic carbocycles. The number of halogens is 1. The Balaban J connectivity index is 0.00000169. The fourth-order valence-electron chi connectivity index (χ4n) is 4.12. The lowest BCUT2D eigenvalue weighted by atomic mass is 9.87. The molecule has 3 fully saturated rings. The largest absolute Gasteiger partial charge is 0.381 e. The van der Waals surface area contributed by atoms with Crippen LogP contribution < -0.4 is 5.32 Å². The van der Waals surface area contributed by atoms with Crippen LogP contribution in [-0.2, 0) is 11.2 Å². The van der Waals surface area contributed by atoms with Crippen LogP contribution >= 0.6 is 24.0 Å². The average molecular weight is 441 g/mol. The average Bonchev–Trinajstić information content (AvgIpc) is 2.99. The number of likely N-dealkylation sites (tertiary alicyclic amines) is 1. The first-order valence-corrected chi connectivity index (χ1v) is 8.88. The van der Waals surface area contributed by atoms with Gasteiger partial charge in [-0.1, -0.05) is 30.3 Å². The van der Waals surface area contributed by atoms with Gasteiger partial charge in [0.05, 0.1) is 6.61 Å². The van der Waals surface area contributed by atoms with Crippen molar-refractivity contribution in [1.29, 1.82) is 0 Å². The summed E-state index contributed by atoms with van der Waals surface area (Å²) in [6.45, 7) is 4.07. The van der Waals surface area contributed by atoms with Crippen molar-refractivity contribution in [3.05, 3.63) is 35.9 Å². The number of rotatable bonds is 3. The van der Waals surface area contributed by atoms with Gasteiger partial charge in [0.2, 0.25) is 0 Å². The maximum Gasteiger partial charge on any atom is 0.193 e. The van der Waals surface area contributed by atoms with E-state index in [-0.39, 0.29) is 24.0 Å². The number of guanidine groups is 1. The van der Waals surface area contributed by atoms with Crippen molar-refractivity contribution in [2.24, 2.45) is 16.3 Å². The molecule has 5 heteroatoms. The molecule has 1 spiro atoms. The number of aliphatic imine (C=N–C) groups is 1. The molecule has 1 N–H and O–H groups in total. The first-order valence-electron chi connectivity index (χ1n) is 8.88. The molecule has 1 aromatic rings. The number of nitrogens with zero attached hydrogens (tertiary/aromatic N) is 2. The Morgan fingerprint density at radius 1 is 1.33 bits per heavy atom. The molecule has 2 heterocycles. The van der Waals surface area contributed by atoms with E-state index in [4.69, 9.17) is 4.74 Å². The zero-order valence-corrected chi connectivity index (χ0v) is 16.7. The zero-order chi connectivity index (χ0) is 15.7. The summed E-state index contributed by atoms with van der Waals surface area (Å²) in [6.07, 6.45) is 4.88. The van der Waals surface area contributed by atoms with Gasteiger partial charge >= 0.3 is 0 Å². The van der Waals surface area contributed by atoms with Gasteiger partial charge in [-0.2, -0.15) is 0 Å². The summed E-state index contributed by atoms with van der Waals surface area (Å²) in [5.74, 6) is 1.84. The van der Waals surface area contributed by atoms with Crippen LogP contribution in [0.5, 0.6) is 0 Å². The Labute approximate surface area is 162 Å². The molecule has 0 aromatic heterocycles. The summed E-state index contributed by atoms with van der Waals surface area (Å²) in [5.41, 5.74) is 1.84. The minimum absolute atomic E-state index is 0. The molecular formula is C19H28IN3O. The smallest absolute Gasteiger partial charge is 0.193 e. The van der Waals surface area contributed by atoms with E-state index in [9.17, 15) is 0 Å². The Morgan fingerprint density at radius 2 is 2.17 bits per heavy atom. The van der Waals surface area contributed by atoms with E-state index in [0.29, 0.717) is 11.5 Å². The summed E-state index contributed by atoms with van der Waals surface area (Å²) in [4.78, 5) is 6.97. The van der Waals surface area contributed by atoms with Gasteiger partial charge < -0.3 is 15.0 Å². The zero-order valence-electron chi connectivity index (χ0n) is 14.4. The molecule has 2 aliphatic heterocycles. The molecule has 4 rings (SSSR count). The van der Waals surface area contributed by atoms with E-state index in [1.807, 2.05) is 7.05 Å². The maximum atomic E-state index is 5.63. The molecule has 132 valence electrons. The van der Waals surface area contributed by atoms with Crippen molar-refractivity contribution in [2.45, 2.75) is 31.7 Å². The highest BCUT2D eigenvalue weighted by molar-refractivity contribution is 14.0. The van der Waals surface area contributed by atoms with Gasteiger partial charge in [0.1, 0.15) is 0 Å². The second-order valence-corrected chi connectivity index (χ2v) is 7.46. The Kier molecular flexibility index (Phi) is 5.70. The normalized spacial score (nSPS) is 32.0. The molecule has 0 bridgehead atoms. The number of benzene rings is 1. The Hall–Kier alpha value is -0.820. The first kappa shape index (κ1) is 18.0. The monoisotopic (exact) mass is 441 g/mol. The molecule has 0 amide bonds. The highest BCUT2D eigenvalue weighted by Gasteiger charge is 2.44. The third kappa shape index (κ3) is 3.87. The summed E-state index contributed by atoms with van der Waals surface area (Å²) in [7, 11) is 1.91. The van der Waals surface area contributed by atoms with Crippen molar-refractivity contribution in [2.75, 3.05) is 33.4 Å². The fraction of sp³-hybridized carbons (Fsp3) is 0.632. The first-order chi connectivity index (χ1) is 11.3. The molecule has 3 unspecified atom stereocenters. The lowest BCUT2D eigenvalue weighted by Crippen LogP contribution is -2.42.